The Morgan fingerprint density at radius 2 is 2.28 bits per heavy atom. The lowest BCUT2D eigenvalue weighted by atomic mass is 10.1. The number of benzene rings is 1. The molecule has 0 fully saturated rings. The lowest BCUT2D eigenvalue weighted by Gasteiger charge is -2.15. The van der Waals surface area contributed by atoms with Crippen molar-refractivity contribution < 1.29 is 10.0 Å². The molecule has 0 bridgehead atoms. The lowest BCUT2D eigenvalue weighted by Crippen LogP contribution is -2.44. The van der Waals surface area contributed by atoms with E-state index in [-0.39, 0.29) is 11.7 Å². The molecule has 1 unspecified atom stereocenters. The van der Waals surface area contributed by atoms with Crippen LogP contribution in [0.5, 0.6) is 0 Å². The standard InChI is InChI=1S/C12H16ClN3O2/c1-3-10(11(14)16-18)15-12(17)8-5-4-7(2)6-9(8)13/h4-6,10,18H,3H2,1-2H3,(H2,14,16)(H,15,17). The highest BCUT2D eigenvalue weighted by atomic mass is 35.5. The van der Waals surface area contributed by atoms with Crippen molar-refractivity contribution >= 4 is 23.3 Å². The summed E-state index contributed by atoms with van der Waals surface area (Å²) in [5.41, 5.74) is 6.81. The van der Waals surface area contributed by atoms with E-state index in [1.54, 1.807) is 18.2 Å². The summed E-state index contributed by atoms with van der Waals surface area (Å²) in [6.07, 6.45) is 0.519. The Morgan fingerprint density at radius 3 is 2.78 bits per heavy atom. The summed E-state index contributed by atoms with van der Waals surface area (Å²) in [6.45, 7) is 3.71. The molecule has 1 amide bonds. The third-order valence-electron chi connectivity index (χ3n) is 2.56. The van der Waals surface area contributed by atoms with Crippen molar-refractivity contribution in [3.05, 3.63) is 34.3 Å². The number of hydrogen-bond donors (Lipinski definition) is 3. The topological polar surface area (TPSA) is 87.7 Å². The van der Waals surface area contributed by atoms with Crippen LogP contribution in [0.4, 0.5) is 0 Å². The molecular weight excluding hydrogens is 254 g/mol. The normalized spacial score (nSPS) is 13.2. The largest absolute Gasteiger partial charge is 0.409 e. The minimum Gasteiger partial charge on any atom is -0.409 e. The molecule has 1 rings (SSSR count). The molecule has 18 heavy (non-hydrogen) atoms. The molecule has 4 N–H and O–H groups in total. The third-order valence-corrected chi connectivity index (χ3v) is 2.87. The number of rotatable bonds is 4. The maximum atomic E-state index is 12.0. The van der Waals surface area contributed by atoms with Gasteiger partial charge < -0.3 is 16.3 Å². The van der Waals surface area contributed by atoms with Gasteiger partial charge in [-0.05, 0) is 31.0 Å². The molecule has 0 saturated heterocycles. The number of carbonyl (C=O) groups is 1. The van der Waals surface area contributed by atoms with Gasteiger partial charge in [-0.3, -0.25) is 4.79 Å². The van der Waals surface area contributed by atoms with Gasteiger partial charge in [-0.15, -0.1) is 0 Å². The fourth-order valence-corrected chi connectivity index (χ4v) is 1.82. The molecule has 6 heteroatoms. The van der Waals surface area contributed by atoms with Gasteiger partial charge in [-0.2, -0.15) is 0 Å². The van der Waals surface area contributed by atoms with Gasteiger partial charge in [0.05, 0.1) is 16.6 Å². The molecule has 0 aliphatic heterocycles. The first-order chi connectivity index (χ1) is 8.49. The van der Waals surface area contributed by atoms with Crippen molar-refractivity contribution in [2.75, 3.05) is 0 Å². The summed E-state index contributed by atoms with van der Waals surface area (Å²) in [5, 5.41) is 14.5. The number of amidine groups is 1. The quantitative estimate of drug-likeness (QED) is 0.338. The van der Waals surface area contributed by atoms with Gasteiger partial charge in [0.15, 0.2) is 5.84 Å². The number of nitrogens with two attached hydrogens (primary N) is 1. The smallest absolute Gasteiger partial charge is 0.253 e. The molecule has 0 spiro atoms. The molecule has 0 radical (unpaired) electrons. The van der Waals surface area contributed by atoms with Crippen LogP contribution in [0.25, 0.3) is 0 Å². The highest BCUT2D eigenvalue weighted by Crippen LogP contribution is 2.17. The van der Waals surface area contributed by atoms with Crippen molar-refractivity contribution in [1.29, 1.82) is 0 Å². The highest BCUT2D eigenvalue weighted by Gasteiger charge is 2.17. The number of oxime groups is 1. The van der Waals surface area contributed by atoms with Crippen LogP contribution >= 0.6 is 11.6 Å². The first-order valence-corrected chi connectivity index (χ1v) is 5.91. The van der Waals surface area contributed by atoms with Crippen molar-refractivity contribution in [1.82, 2.24) is 5.32 Å². The van der Waals surface area contributed by atoms with Crippen molar-refractivity contribution in [3.63, 3.8) is 0 Å². The average Bonchev–Trinajstić information content (AvgIpc) is 2.34. The summed E-state index contributed by atoms with van der Waals surface area (Å²) >= 11 is 5.99. The molecule has 0 aliphatic carbocycles. The Bertz CT molecular complexity index is 474. The molecule has 98 valence electrons. The summed E-state index contributed by atoms with van der Waals surface area (Å²) < 4.78 is 0. The lowest BCUT2D eigenvalue weighted by molar-refractivity contribution is 0.0945. The molecule has 1 aromatic carbocycles. The van der Waals surface area contributed by atoms with Gasteiger partial charge in [0.25, 0.3) is 5.91 Å². The summed E-state index contributed by atoms with van der Waals surface area (Å²) in [7, 11) is 0. The van der Waals surface area contributed by atoms with Crippen LogP contribution in [0, 0.1) is 6.92 Å². The van der Waals surface area contributed by atoms with Crippen LogP contribution in [0.15, 0.2) is 23.4 Å². The minimum atomic E-state index is -0.514. The zero-order valence-corrected chi connectivity index (χ0v) is 11.0. The third kappa shape index (κ3) is 3.37. The van der Waals surface area contributed by atoms with E-state index in [4.69, 9.17) is 22.5 Å². The highest BCUT2D eigenvalue weighted by molar-refractivity contribution is 6.34. The minimum absolute atomic E-state index is 0.0333. The van der Waals surface area contributed by atoms with Crippen LogP contribution < -0.4 is 11.1 Å². The van der Waals surface area contributed by atoms with Gasteiger partial charge in [-0.1, -0.05) is 29.7 Å². The number of aryl methyl sites for hydroxylation is 1. The zero-order valence-electron chi connectivity index (χ0n) is 10.3. The van der Waals surface area contributed by atoms with E-state index in [9.17, 15) is 4.79 Å². The second-order valence-electron chi connectivity index (χ2n) is 3.94. The van der Waals surface area contributed by atoms with Crippen LogP contribution in [0.2, 0.25) is 5.02 Å². The Labute approximate surface area is 111 Å². The van der Waals surface area contributed by atoms with E-state index in [2.05, 4.69) is 10.5 Å². The number of nitrogens with one attached hydrogen (secondary N) is 1. The Hall–Kier alpha value is -1.75. The van der Waals surface area contributed by atoms with Crippen LogP contribution in [-0.4, -0.2) is 23.0 Å². The van der Waals surface area contributed by atoms with E-state index in [1.807, 2.05) is 13.8 Å². The van der Waals surface area contributed by atoms with Crippen molar-refractivity contribution in [3.8, 4) is 0 Å². The SMILES string of the molecule is CCC(NC(=O)c1ccc(C)cc1Cl)/C(N)=N/O. The number of hydrogen-bond acceptors (Lipinski definition) is 3. The van der Waals surface area contributed by atoms with Gasteiger partial charge in [-0.25, -0.2) is 0 Å². The maximum Gasteiger partial charge on any atom is 0.253 e. The fourth-order valence-electron chi connectivity index (χ4n) is 1.50. The molecule has 0 heterocycles. The van der Waals surface area contributed by atoms with E-state index in [0.717, 1.165) is 5.56 Å². The maximum absolute atomic E-state index is 12.0. The van der Waals surface area contributed by atoms with E-state index in [0.29, 0.717) is 17.0 Å². The average molecular weight is 270 g/mol. The number of carbonyl (C=O) groups excluding carboxylic acids is 1. The molecule has 1 atom stereocenters. The van der Waals surface area contributed by atoms with Crippen LogP contribution in [-0.2, 0) is 0 Å². The molecule has 0 aromatic heterocycles. The Morgan fingerprint density at radius 1 is 1.61 bits per heavy atom. The number of nitrogens with zero attached hydrogens (tertiary/aromatic N) is 1. The summed E-state index contributed by atoms with van der Waals surface area (Å²) in [5.74, 6) is -0.382. The van der Waals surface area contributed by atoms with Crippen LogP contribution in [0.3, 0.4) is 0 Å². The van der Waals surface area contributed by atoms with Crippen LogP contribution in [0.1, 0.15) is 29.3 Å². The van der Waals surface area contributed by atoms with Gasteiger partial charge >= 0.3 is 0 Å². The first-order valence-electron chi connectivity index (χ1n) is 5.54. The Balaban J connectivity index is 2.88. The predicted octanol–water partition coefficient (Wildman–Crippen LogP) is 1.90. The molecule has 5 nitrogen and oxygen atoms in total. The van der Waals surface area contributed by atoms with E-state index >= 15 is 0 Å². The second kappa shape index (κ2) is 6.26. The second-order valence-corrected chi connectivity index (χ2v) is 4.35. The van der Waals surface area contributed by atoms with E-state index in [1.165, 1.54) is 0 Å². The number of amides is 1. The predicted molar refractivity (Wildman–Crippen MR) is 71.1 cm³/mol. The van der Waals surface area contributed by atoms with Crippen molar-refractivity contribution in [2.24, 2.45) is 10.9 Å². The molecule has 1 aromatic rings. The summed E-state index contributed by atoms with van der Waals surface area (Å²) in [4.78, 5) is 12.0. The number of halogens is 1. The fraction of sp³-hybridized carbons (Fsp3) is 0.333. The van der Waals surface area contributed by atoms with Gasteiger partial charge in [0.2, 0.25) is 0 Å². The summed E-state index contributed by atoms with van der Waals surface area (Å²) in [6, 6.07) is 4.64. The first kappa shape index (κ1) is 14.3. The monoisotopic (exact) mass is 269 g/mol. The molecule has 0 saturated carbocycles. The van der Waals surface area contributed by atoms with Crippen molar-refractivity contribution in [2.45, 2.75) is 26.3 Å². The van der Waals surface area contributed by atoms with Gasteiger partial charge in [0.1, 0.15) is 0 Å². The van der Waals surface area contributed by atoms with E-state index < -0.39 is 6.04 Å². The molecular formula is C12H16ClN3O2. The zero-order chi connectivity index (χ0) is 13.7. The van der Waals surface area contributed by atoms with Gasteiger partial charge in [0, 0.05) is 0 Å². The molecule has 0 aliphatic rings. The Kier molecular flexibility index (Phi) is 4.97.